The van der Waals surface area contributed by atoms with Crippen molar-refractivity contribution in [3.63, 3.8) is 0 Å². The van der Waals surface area contributed by atoms with Crippen LogP contribution in [0, 0.1) is 0 Å². The van der Waals surface area contributed by atoms with Crippen LogP contribution in [0.4, 0.5) is 5.69 Å². The smallest absolute Gasteiger partial charge is 0.240 e. The minimum atomic E-state index is -3.59. The lowest BCUT2D eigenvalue weighted by Crippen LogP contribution is -2.48. The number of carbonyl (C=O) groups is 1. The lowest BCUT2D eigenvalue weighted by atomic mass is 10.1. The zero-order valence-corrected chi connectivity index (χ0v) is 18.2. The lowest BCUT2D eigenvalue weighted by molar-refractivity contribution is -0.131. The van der Waals surface area contributed by atoms with E-state index >= 15 is 0 Å². The van der Waals surface area contributed by atoms with E-state index in [4.69, 9.17) is 0 Å². The van der Waals surface area contributed by atoms with Crippen molar-refractivity contribution in [2.75, 3.05) is 37.6 Å². The standard InChI is InChI=1S/C24H27N3O3S/c28-24(27-17-15-26(16-18-27)22-9-2-1-3-10-22)11-6-14-25-31(29,30)23-13-12-20-7-4-5-8-21(20)19-23/h1-5,7-10,12-13,19,25H,6,11,14-18H2. The summed E-state index contributed by atoms with van der Waals surface area (Å²) in [4.78, 5) is 16.9. The van der Waals surface area contributed by atoms with E-state index in [1.54, 1.807) is 12.1 Å². The minimum Gasteiger partial charge on any atom is -0.368 e. The number of carbonyl (C=O) groups excluding carboxylic acids is 1. The van der Waals surface area contributed by atoms with Gasteiger partial charge in [-0.25, -0.2) is 13.1 Å². The Hall–Kier alpha value is -2.90. The first-order valence-electron chi connectivity index (χ1n) is 10.6. The molecule has 0 spiro atoms. The molecule has 0 radical (unpaired) electrons. The predicted octanol–water partition coefficient (Wildman–Crippen LogP) is 3.25. The summed E-state index contributed by atoms with van der Waals surface area (Å²) >= 11 is 0. The van der Waals surface area contributed by atoms with Gasteiger partial charge in [0.2, 0.25) is 15.9 Å². The highest BCUT2D eigenvalue weighted by molar-refractivity contribution is 7.89. The van der Waals surface area contributed by atoms with E-state index in [0.717, 1.165) is 23.9 Å². The molecule has 1 N–H and O–H groups in total. The number of para-hydroxylation sites is 1. The maximum atomic E-state index is 12.6. The molecule has 1 heterocycles. The van der Waals surface area contributed by atoms with E-state index in [1.165, 1.54) is 5.69 Å². The Balaban J connectivity index is 1.23. The number of rotatable bonds is 7. The third kappa shape index (κ3) is 5.24. The molecule has 1 fully saturated rings. The lowest BCUT2D eigenvalue weighted by Gasteiger charge is -2.36. The maximum Gasteiger partial charge on any atom is 0.240 e. The van der Waals surface area contributed by atoms with E-state index < -0.39 is 10.0 Å². The second-order valence-corrected chi connectivity index (χ2v) is 9.48. The number of amides is 1. The van der Waals surface area contributed by atoms with Crippen molar-refractivity contribution in [1.29, 1.82) is 0 Å². The monoisotopic (exact) mass is 437 g/mol. The number of hydrogen-bond donors (Lipinski definition) is 1. The van der Waals surface area contributed by atoms with Crippen molar-refractivity contribution in [3.8, 4) is 0 Å². The predicted molar refractivity (Wildman–Crippen MR) is 124 cm³/mol. The fourth-order valence-corrected chi connectivity index (χ4v) is 4.98. The van der Waals surface area contributed by atoms with Crippen molar-refractivity contribution in [3.05, 3.63) is 72.8 Å². The van der Waals surface area contributed by atoms with Crippen LogP contribution >= 0.6 is 0 Å². The summed E-state index contributed by atoms with van der Waals surface area (Å²) in [6, 6.07) is 23.0. The van der Waals surface area contributed by atoms with Crippen LogP contribution in [-0.2, 0) is 14.8 Å². The summed E-state index contributed by atoms with van der Waals surface area (Å²) in [5, 5.41) is 1.88. The Morgan fingerprint density at radius 3 is 2.26 bits per heavy atom. The summed E-state index contributed by atoms with van der Waals surface area (Å²) in [7, 11) is -3.59. The van der Waals surface area contributed by atoms with Crippen LogP contribution < -0.4 is 9.62 Å². The topological polar surface area (TPSA) is 69.7 Å². The number of nitrogens with zero attached hydrogens (tertiary/aromatic N) is 2. The van der Waals surface area contributed by atoms with Crippen molar-refractivity contribution in [2.24, 2.45) is 0 Å². The highest BCUT2D eigenvalue weighted by Gasteiger charge is 2.21. The van der Waals surface area contributed by atoms with E-state index in [-0.39, 0.29) is 17.3 Å². The molecule has 0 bridgehead atoms. The summed E-state index contributed by atoms with van der Waals surface area (Å²) in [5.74, 6) is 0.0811. The number of nitrogens with one attached hydrogen (secondary N) is 1. The summed E-state index contributed by atoms with van der Waals surface area (Å²) < 4.78 is 27.8. The van der Waals surface area contributed by atoms with Gasteiger partial charge in [0.05, 0.1) is 4.90 Å². The van der Waals surface area contributed by atoms with Crippen molar-refractivity contribution >= 4 is 32.4 Å². The van der Waals surface area contributed by atoms with Gasteiger partial charge in [0.1, 0.15) is 0 Å². The molecular weight excluding hydrogens is 410 g/mol. The average Bonchev–Trinajstić information content (AvgIpc) is 2.82. The van der Waals surface area contributed by atoms with Crippen LogP contribution in [0.1, 0.15) is 12.8 Å². The average molecular weight is 438 g/mol. The van der Waals surface area contributed by atoms with E-state index in [0.29, 0.717) is 25.9 Å². The van der Waals surface area contributed by atoms with Gasteiger partial charge in [-0.1, -0.05) is 48.5 Å². The number of benzene rings is 3. The van der Waals surface area contributed by atoms with Gasteiger partial charge in [-0.15, -0.1) is 0 Å². The van der Waals surface area contributed by atoms with Crippen LogP contribution in [0.25, 0.3) is 10.8 Å². The molecule has 162 valence electrons. The minimum absolute atomic E-state index is 0.0811. The van der Waals surface area contributed by atoms with Gasteiger partial charge in [0.15, 0.2) is 0 Å². The Morgan fingerprint density at radius 1 is 0.839 bits per heavy atom. The molecule has 31 heavy (non-hydrogen) atoms. The summed E-state index contributed by atoms with van der Waals surface area (Å²) in [6.45, 7) is 3.24. The highest BCUT2D eigenvalue weighted by Crippen LogP contribution is 2.19. The number of piperazine rings is 1. The SMILES string of the molecule is O=C(CCCNS(=O)(=O)c1ccc2ccccc2c1)N1CCN(c2ccccc2)CC1. The maximum absolute atomic E-state index is 12.6. The molecule has 3 aromatic carbocycles. The fraction of sp³-hybridized carbons (Fsp3) is 0.292. The van der Waals surface area contributed by atoms with Crippen molar-refractivity contribution in [2.45, 2.75) is 17.7 Å². The van der Waals surface area contributed by atoms with Crippen molar-refractivity contribution < 1.29 is 13.2 Å². The molecule has 4 rings (SSSR count). The van der Waals surface area contributed by atoms with E-state index in [1.807, 2.05) is 53.4 Å². The van der Waals surface area contributed by atoms with Gasteiger partial charge < -0.3 is 9.80 Å². The Labute approximate surface area is 183 Å². The third-order valence-corrected chi connectivity index (χ3v) is 7.10. The first-order chi connectivity index (χ1) is 15.0. The molecule has 0 unspecified atom stereocenters. The van der Waals surface area contributed by atoms with Crippen LogP contribution in [0.2, 0.25) is 0 Å². The van der Waals surface area contributed by atoms with Gasteiger partial charge in [-0.3, -0.25) is 4.79 Å². The van der Waals surface area contributed by atoms with Gasteiger partial charge in [-0.05, 0) is 41.5 Å². The largest absolute Gasteiger partial charge is 0.368 e. The zero-order chi connectivity index (χ0) is 21.7. The van der Waals surface area contributed by atoms with Gasteiger partial charge in [-0.2, -0.15) is 0 Å². The Kier molecular flexibility index (Phi) is 6.53. The normalized spacial score (nSPS) is 14.7. The van der Waals surface area contributed by atoms with Crippen LogP contribution in [-0.4, -0.2) is 51.9 Å². The molecule has 6 nitrogen and oxygen atoms in total. The molecule has 3 aromatic rings. The molecule has 0 aliphatic carbocycles. The first-order valence-corrected chi connectivity index (χ1v) is 12.1. The second-order valence-electron chi connectivity index (χ2n) is 7.71. The highest BCUT2D eigenvalue weighted by atomic mass is 32.2. The van der Waals surface area contributed by atoms with Crippen LogP contribution in [0.5, 0.6) is 0 Å². The molecule has 1 saturated heterocycles. The van der Waals surface area contributed by atoms with Gasteiger partial charge >= 0.3 is 0 Å². The van der Waals surface area contributed by atoms with Gasteiger partial charge in [0, 0.05) is 44.8 Å². The van der Waals surface area contributed by atoms with Gasteiger partial charge in [0.25, 0.3) is 0 Å². The fourth-order valence-electron chi connectivity index (χ4n) is 3.88. The number of sulfonamides is 1. The first kappa shape index (κ1) is 21.3. The number of hydrogen-bond acceptors (Lipinski definition) is 4. The molecule has 0 atom stereocenters. The van der Waals surface area contributed by atoms with Crippen LogP contribution in [0.3, 0.4) is 0 Å². The second kappa shape index (κ2) is 9.49. The molecular formula is C24H27N3O3S. The molecule has 1 aliphatic rings. The molecule has 1 amide bonds. The number of anilines is 1. The Morgan fingerprint density at radius 2 is 1.52 bits per heavy atom. The quantitative estimate of drug-likeness (QED) is 0.576. The summed E-state index contributed by atoms with van der Waals surface area (Å²) in [6.07, 6.45) is 0.816. The third-order valence-electron chi connectivity index (χ3n) is 5.64. The van der Waals surface area contributed by atoms with Crippen LogP contribution in [0.15, 0.2) is 77.7 Å². The molecule has 7 heteroatoms. The molecule has 0 aromatic heterocycles. The van der Waals surface area contributed by atoms with E-state index in [9.17, 15) is 13.2 Å². The Bertz CT molecular complexity index is 1140. The molecule has 0 saturated carbocycles. The molecule has 1 aliphatic heterocycles. The zero-order valence-electron chi connectivity index (χ0n) is 17.4. The summed E-state index contributed by atoms with van der Waals surface area (Å²) in [5.41, 5.74) is 1.18. The number of fused-ring (bicyclic) bond motifs is 1. The van der Waals surface area contributed by atoms with E-state index in [2.05, 4.69) is 21.8 Å². The van der Waals surface area contributed by atoms with Crippen molar-refractivity contribution in [1.82, 2.24) is 9.62 Å².